The summed E-state index contributed by atoms with van der Waals surface area (Å²) in [5.41, 5.74) is 10.2. The van der Waals surface area contributed by atoms with Crippen molar-refractivity contribution in [3.63, 3.8) is 0 Å². The second kappa shape index (κ2) is 5.71. The second-order valence-corrected chi connectivity index (χ2v) is 3.49. The van der Waals surface area contributed by atoms with Crippen LogP contribution >= 0.6 is 0 Å². The van der Waals surface area contributed by atoms with Crippen LogP contribution in [-0.2, 0) is 4.79 Å². The van der Waals surface area contributed by atoms with E-state index in [2.05, 4.69) is 31.2 Å². The van der Waals surface area contributed by atoms with Gasteiger partial charge in [0.15, 0.2) is 0 Å². The molecule has 0 fully saturated rings. The van der Waals surface area contributed by atoms with Crippen molar-refractivity contribution in [1.82, 2.24) is 0 Å². The highest BCUT2D eigenvalue weighted by atomic mass is 16.1. The second-order valence-electron chi connectivity index (χ2n) is 3.49. The highest BCUT2D eigenvalue weighted by Crippen LogP contribution is 2.20. The Morgan fingerprint density at radius 2 is 1.19 bits per heavy atom. The SMILES string of the molecule is C=O.Cc1ccc(-c2ccc(N)cc2)cc1. The molecular weight excluding hydrogens is 198 g/mol. The molecule has 0 radical (unpaired) electrons. The normalized spacial score (nSPS) is 9.06. The number of rotatable bonds is 1. The molecule has 0 heterocycles. The summed E-state index contributed by atoms with van der Waals surface area (Å²) in [6.07, 6.45) is 0. The minimum Gasteiger partial charge on any atom is -0.399 e. The van der Waals surface area contributed by atoms with E-state index in [1.807, 2.05) is 31.1 Å². The standard InChI is InChI=1S/C13H13N.CH2O/c1-10-2-4-11(5-3-10)12-6-8-13(14)9-7-12;1-2/h2-9H,14H2,1H3;1H2. The van der Waals surface area contributed by atoms with Crippen LogP contribution in [0.25, 0.3) is 11.1 Å². The first-order valence-electron chi connectivity index (χ1n) is 4.97. The van der Waals surface area contributed by atoms with Crippen molar-refractivity contribution in [2.45, 2.75) is 6.92 Å². The van der Waals surface area contributed by atoms with Crippen LogP contribution in [0.4, 0.5) is 5.69 Å². The summed E-state index contributed by atoms with van der Waals surface area (Å²) in [4.78, 5) is 8.00. The van der Waals surface area contributed by atoms with Gasteiger partial charge in [-0.05, 0) is 30.2 Å². The van der Waals surface area contributed by atoms with E-state index in [9.17, 15) is 0 Å². The molecule has 82 valence electrons. The number of nitrogen functional groups attached to an aromatic ring is 1. The van der Waals surface area contributed by atoms with Crippen LogP contribution in [0.2, 0.25) is 0 Å². The highest BCUT2D eigenvalue weighted by molar-refractivity contribution is 5.65. The zero-order chi connectivity index (χ0) is 12.0. The van der Waals surface area contributed by atoms with Gasteiger partial charge in [-0.3, -0.25) is 0 Å². The third-order valence-corrected chi connectivity index (χ3v) is 2.30. The molecule has 2 rings (SSSR count). The number of benzene rings is 2. The number of carbonyl (C=O) groups is 1. The maximum Gasteiger partial charge on any atom is 0.106 e. The Balaban J connectivity index is 0.000000606. The average Bonchev–Trinajstić information content (AvgIpc) is 2.34. The van der Waals surface area contributed by atoms with Crippen molar-refractivity contribution in [3.05, 3.63) is 54.1 Å². The number of aryl methyl sites for hydroxylation is 1. The topological polar surface area (TPSA) is 43.1 Å². The Morgan fingerprint density at radius 1 is 0.812 bits per heavy atom. The van der Waals surface area contributed by atoms with Crippen LogP contribution < -0.4 is 5.73 Å². The molecule has 0 aliphatic heterocycles. The minimum absolute atomic E-state index is 0.806. The predicted molar refractivity (Wildman–Crippen MR) is 68.1 cm³/mol. The van der Waals surface area contributed by atoms with Crippen molar-refractivity contribution < 1.29 is 4.79 Å². The van der Waals surface area contributed by atoms with Crippen LogP contribution in [0, 0.1) is 6.92 Å². The molecule has 0 atom stereocenters. The van der Waals surface area contributed by atoms with Gasteiger partial charge < -0.3 is 10.5 Å². The minimum atomic E-state index is 0.806. The van der Waals surface area contributed by atoms with Gasteiger partial charge in [0.25, 0.3) is 0 Å². The monoisotopic (exact) mass is 213 g/mol. The van der Waals surface area contributed by atoms with Gasteiger partial charge in [0.05, 0.1) is 0 Å². The maximum absolute atomic E-state index is 8.00. The van der Waals surface area contributed by atoms with Gasteiger partial charge in [-0.1, -0.05) is 42.0 Å². The molecule has 2 N–H and O–H groups in total. The summed E-state index contributed by atoms with van der Waals surface area (Å²) in [6, 6.07) is 16.4. The zero-order valence-electron chi connectivity index (χ0n) is 9.31. The van der Waals surface area contributed by atoms with Gasteiger partial charge in [0, 0.05) is 5.69 Å². The summed E-state index contributed by atoms with van der Waals surface area (Å²) < 4.78 is 0. The van der Waals surface area contributed by atoms with E-state index in [-0.39, 0.29) is 0 Å². The van der Waals surface area contributed by atoms with E-state index in [1.165, 1.54) is 16.7 Å². The molecule has 2 nitrogen and oxygen atoms in total. The average molecular weight is 213 g/mol. The summed E-state index contributed by atoms with van der Waals surface area (Å²) >= 11 is 0. The van der Waals surface area contributed by atoms with Crippen LogP contribution in [0.3, 0.4) is 0 Å². The van der Waals surface area contributed by atoms with E-state index < -0.39 is 0 Å². The van der Waals surface area contributed by atoms with E-state index in [1.54, 1.807) is 0 Å². The Bertz CT molecular complexity index is 388. The molecule has 0 unspecified atom stereocenters. The van der Waals surface area contributed by atoms with Crippen molar-refractivity contribution in [2.75, 3.05) is 5.73 Å². The van der Waals surface area contributed by atoms with Crippen molar-refractivity contribution in [2.24, 2.45) is 0 Å². The molecule has 0 aliphatic rings. The lowest BCUT2D eigenvalue weighted by Crippen LogP contribution is -1.83. The molecule has 2 heteroatoms. The fourth-order valence-corrected chi connectivity index (χ4v) is 1.42. The fourth-order valence-electron chi connectivity index (χ4n) is 1.42. The van der Waals surface area contributed by atoms with Gasteiger partial charge >= 0.3 is 0 Å². The van der Waals surface area contributed by atoms with E-state index in [4.69, 9.17) is 10.5 Å². The van der Waals surface area contributed by atoms with Crippen LogP contribution in [0.15, 0.2) is 48.5 Å². The smallest absolute Gasteiger partial charge is 0.106 e. The number of carbonyl (C=O) groups excluding carboxylic acids is 1. The molecule has 0 saturated heterocycles. The summed E-state index contributed by atoms with van der Waals surface area (Å²) in [7, 11) is 0. The van der Waals surface area contributed by atoms with Crippen LogP contribution in [-0.4, -0.2) is 6.79 Å². The van der Waals surface area contributed by atoms with Gasteiger partial charge in [-0.25, -0.2) is 0 Å². The zero-order valence-corrected chi connectivity index (χ0v) is 9.31. The Morgan fingerprint density at radius 3 is 1.62 bits per heavy atom. The van der Waals surface area contributed by atoms with Crippen molar-refractivity contribution in [1.29, 1.82) is 0 Å². The number of nitrogens with two attached hydrogens (primary N) is 1. The molecule has 16 heavy (non-hydrogen) atoms. The quantitative estimate of drug-likeness (QED) is 0.740. The number of anilines is 1. The number of hydrogen-bond acceptors (Lipinski definition) is 2. The first-order chi connectivity index (χ1) is 7.75. The van der Waals surface area contributed by atoms with Crippen molar-refractivity contribution >= 4 is 12.5 Å². The molecule has 0 amide bonds. The van der Waals surface area contributed by atoms with Gasteiger partial charge in [-0.2, -0.15) is 0 Å². The Kier molecular flexibility index (Phi) is 4.28. The lowest BCUT2D eigenvalue weighted by atomic mass is 10.0. The Hall–Kier alpha value is -2.09. The first kappa shape index (κ1) is 12.0. The highest BCUT2D eigenvalue weighted by Gasteiger charge is 1.95. The largest absolute Gasteiger partial charge is 0.399 e. The van der Waals surface area contributed by atoms with Gasteiger partial charge in [0.2, 0.25) is 0 Å². The van der Waals surface area contributed by atoms with Gasteiger partial charge in [-0.15, -0.1) is 0 Å². The fraction of sp³-hybridized carbons (Fsp3) is 0.0714. The summed E-state index contributed by atoms with van der Waals surface area (Å²) in [5, 5.41) is 0. The molecule has 0 spiro atoms. The number of hydrogen-bond donors (Lipinski definition) is 1. The maximum atomic E-state index is 8.00. The predicted octanol–water partition coefficient (Wildman–Crippen LogP) is 3.06. The third-order valence-electron chi connectivity index (χ3n) is 2.30. The molecule has 2 aromatic carbocycles. The molecule has 0 aromatic heterocycles. The molecule has 0 saturated carbocycles. The molecule has 2 aromatic rings. The first-order valence-corrected chi connectivity index (χ1v) is 4.97. The van der Waals surface area contributed by atoms with Crippen LogP contribution in [0.5, 0.6) is 0 Å². The summed E-state index contributed by atoms with van der Waals surface area (Å²) in [6.45, 7) is 4.09. The molecule has 0 bridgehead atoms. The molecule has 0 aliphatic carbocycles. The summed E-state index contributed by atoms with van der Waals surface area (Å²) in [5.74, 6) is 0. The van der Waals surface area contributed by atoms with Crippen molar-refractivity contribution in [3.8, 4) is 11.1 Å². The third kappa shape index (κ3) is 2.95. The lowest BCUT2D eigenvalue weighted by Gasteiger charge is -2.02. The van der Waals surface area contributed by atoms with E-state index >= 15 is 0 Å². The van der Waals surface area contributed by atoms with Gasteiger partial charge in [0.1, 0.15) is 6.79 Å². The van der Waals surface area contributed by atoms with E-state index in [0.29, 0.717) is 0 Å². The van der Waals surface area contributed by atoms with Crippen LogP contribution in [0.1, 0.15) is 5.56 Å². The Labute approximate surface area is 95.7 Å². The van der Waals surface area contributed by atoms with E-state index in [0.717, 1.165) is 5.69 Å². The molecular formula is C14H15NO. The lowest BCUT2D eigenvalue weighted by molar-refractivity contribution is -0.0979.